The Hall–Kier alpha value is -0.130. The van der Waals surface area contributed by atoms with Crippen molar-refractivity contribution < 1.29 is 13.5 Å². The molecule has 0 saturated carbocycles. The first-order chi connectivity index (χ1) is 6.62. The zero-order valence-electron chi connectivity index (χ0n) is 9.95. The Morgan fingerprint density at radius 2 is 1.80 bits per heavy atom. The van der Waals surface area contributed by atoms with Crippen LogP contribution in [-0.2, 0) is 10.0 Å². The molecule has 90 valence electrons. The second-order valence-electron chi connectivity index (χ2n) is 5.36. The van der Waals surface area contributed by atoms with Crippen molar-refractivity contribution in [2.45, 2.75) is 50.9 Å². The summed E-state index contributed by atoms with van der Waals surface area (Å²) in [5, 5.41) is 9.90. The van der Waals surface area contributed by atoms with Gasteiger partial charge in [0.1, 0.15) is 0 Å². The average molecular weight is 235 g/mol. The number of nitrogens with zero attached hydrogens (tertiary/aromatic N) is 1. The van der Waals surface area contributed by atoms with Gasteiger partial charge in [0.15, 0.2) is 0 Å². The maximum atomic E-state index is 11.9. The largest absolute Gasteiger partial charge is 0.387 e. The van der Waals surface area contributed by atoms with E-state index in [1.165, 1.54) is 4.31 Å². The Balaban J connectivity index is 2.67. The first kappa shape index (κ1) is 12.9. The van der Waals surface area contributed by atoms with Gasteiger partial charge < -0.3 is 5.11 Å². The highest BCUT2D eigenvalue weighted by Crippen LogP contribution is 2.32. The van der Waals surface area contributed by atoms with Crippen LogP contribution in [0, 0.1) is 0 Å². The minimum absolute atomic E-state index is 0.250. The molecule has 0 spiro atoms. The normalized spacial score (nSPS) is 22.5. The lowest BCUT2D eigenvalue weighted by atomic mass is 9.92. The molecule has 0 radical (unpaired) electrons. The van der Waals surface area contributed by atoms with E-state index in [4.69, 9.17) is 0 Å². The van der Waals surface area contributed by atoms with Crippen molar-refractivity contribution in [1.82, 2.24) is 4.31 Å². The van der Waals surface area contributed by atoms with Crippen molar-refractivity contribution >= 4 is 10.0 Å². The molecule has 5 heteroatoms. The molecule has 0 unspecified atom stereocenters. The molecule has 1 aliphatic heterocycles. The quantitative estimate of drug-likeness (QED) is 0.792. The Bertz CT molecular complexity index is 323. The Kier molecular flexibility index (Phi) is 3.20. The van der Waals surface area contributed by atoms with Crippen LogP contribution in [0.15, 0.2) is 0 Å². The lowest BCUT2D eigenvalue weighted by Gasteiger charge is -2.47. The van der Waals surface area contributed by atoms with Crippen LogP contribution in [-0.4, -0.2) is 41.3 Å². The average Bonchev–Trinajstić information content (AvgIpc) is 1.98. The molecule has 1 N–H and O–H groups in total. The number of rotatable bonds is 3. The minimum Gasteiger partial charge on any atom is -0.387 e. The summed E-state index contributed by atoms with van der Waals surface area (Å²) in [6, 6.07) is 0. The van der Waals surface area contributed by atoms with Crippen LogP contribution in [0.2, 0.25) is 0 Å². The highest BCUT2D eigenvalue weighted by Gasteiger charge is 2.49. The molecule has 0 aliphatic carbocycles. The first-order valence-electron chi connectivity index (χ1n) is 5.34. The maximum Gasteiger partial charge on any atom is 0.219 e. The van der Waals surface area contributed by atoms with Crippen LogP contribution in [0.25, 0.3) is 0 Å². The van der Waals surface area contributed by atoms with Gasteiger partial charge in [-0.3, -0.25) is 0 Å². The standard InChI is InChI=1S/C10H21NO3S/c1-5-6-10(12)7-11(8-10)15(13,14)9(2,3)4/h12H,5-8H2,1-4H3. The maximum absolute atomic E-state index is 11.9. The summed E-state index contributed by atoms with van der Waals surface area (Å²) in [5.41, 5.74) is -0.785. The van der Waals surface area contributed by atoms with E-state index in [1.807, 2.05) is 6.92 Å². The van der Waals surface area contributed by atoms with Crippen molar-refractivity contribution in [2.75, 3.05) is 13.1 Å². The van der Waals surface area contributed by atoms with Crippen molar-refractivity contribution in [2.24, 2.45) is 0 Å². The molecule has 4 nitrogen and oxygen atoms in total. The highest BCUT2D eigenvalue weighted by atomic mass is 32.2. The van der Waals surface area contributed by atoms with E-state index in [0.717, 1.165) is 6.42 Å². The van der Waals surface area contributed by atoms with Crippen molar-refractivity contribution in [3.63, 3.8) is 0 Å². The van der Waals surface area contributed by atoms with Gasteiger partial charge in [-0.2, -0.15) is 4.31 Å². The third kappa shape index (κ3) is 2.34. The van der Waals surface area contributed by atoms with Crippen LogP contribution < -0.4 is 0 Å². The molecule has 0 aromatic carbocycles. The molecule has 0 aromatic rings. The van der Waals surface area contributed by atoms with Crippen LogP contribution in [0.5, 0.6) is 0 Å². The fraction of sp³-hybridized carbons (Fsp3) is 1.00. The van der Waals surface area contributed by atoms with Gasteiger partial charge in [0, 0.05) is 13.1 Å². The van der Waals surface area contributed by atoms with Gasteiger partial charge in [-0.25, -0.2) is 8.42 Å². The molecule has 1 rings (SSSR count). The molecule has 0 aromatic heterocycles. The number of aliphatic hydroxyl groups is 1. The lowest BCUT2D eigenvalue weighted by molar-refractivity contribution is -0.0660. The molecule has 0 atom stereocenters. The van der Waals surface area contributed by atoms with Gasteiger partial charge in [-0.15, -0.1) is 0 Å². The number of hydrogen-bond acceptors (Lipinski definition) is 3. The third-order valence-corrected chi connectivity index (χ3v) is 5.26. The summed E-state index contributed by atoms with van der Waals surface area (Å²) < 4.78 is 24.5. The predicted octanol–water partition coefficient (Wildman–Crippen LogP) is 0.962. The van der Waals surface area contributed by atoms with E-state index in [2.05, 4.69) is 0 Å². The summed E-state index contributed by atoms with van der Waals surface area (Å²) in [7, 11) is -3.26. The number of β-amino-alcohol motifs (C(OH)–C–C–N with tert-alkyl or cyclic N) is 1. The fourth-order valence-electron chi connectivity index (χ4n) is 1.79. The third-order valence-electron chi connectivity index (χ3n) is 2.77. The summed E-state index contributed by atoms with van der Waals surface area (Å²) in [6.45, 7) is 7.53. The fourth-order valence-corrected chi connectivity index (χ4v) is 3.39. The van der Waals surface area contributed by atoms with Crippen molar-refractivity contribution in [3.8, 4) is 0 Å². The van der Waals surface area contributed by atoms with E-state index < -0.39 is 20.4 Å². The smallest absolute Gasteiger partial charge is 0.219 e. The minimum atomic E-state index is -3.26. The molecule has 15 heavy (non-hydrogen) atoms. The van der Waals surface area contributed by atoms with Gasteiger partial charge in [0.2, 0.25) is 10.0 Å². The van der Waals surface area contributed by atoms with Gasteiger partial charge in [0.25, 0.3) is 0 Å². The Morgan fingerprint density at radius 1 is 1.33 bits per heavy atom. The van der Waals surface area contributed by atoms with Crippen LogP contribution >= 0.6 is 0 Å². The monoisotopic (exact) mass is 235 g/mol. The van der Waals surface area contributed by atoms with E-state index >= 15 is 0 Å². The summed E-state index contributed by atoms with van der Waals surface area (Å²) in [5.74, 6) is 0. The van der Waals surface area contributed by atoms with E-state index in [9.17, 15) is 13.5 Å². The molecule has 1 aliphatic rings. The topological polar surface area (TPSA) is 57.6 Å². The van der Waals surface area contributed by atoms with E-state index in [-0.39, 0.29) is 13.1 Å². The Labute approximate surface area is 92.3 Å². The van der Waals surface area contributed by atoms with Crippen molar-refractivity contribution in [3.05, 3.63) is 0 Å². The predicted molar refractivity (Wildman–Crippen MR) is 60.1 cm³/mol. The summed E-state index contributed by atoms with van der Waals surface area (Å²) in [4.78, 5) is 0. The molecule has 0 amide bonds. The van der Waals surface area contributed by atoms with Gasteiger partial charge in [0.05, 0.1) is 10.3 Å². The van der Waals surface area contributed by atoms with Crippen LogP contribution in [0.1, 0.15) is 40.5 Å². The first-order valence-corrected chi connectivity index (χ1v) is 6.78. The lowest BCUT2D eigenvalue weighted by Crippen LogP contribution is -2.65. The van der Waals surface area contributed by atoms with Crippen LogP contribution in [0.4, 0.5) is 0 Å². The molecular weight excluding hydrogens is 214 g/mol. The molecule has 1 saturated heterocycles. The second-order valence-corrected chi connectivity index (χ2v) is 8.05. The molecular formula is C10H21NO3S. The van der Waals surface area contributed by atoms with Gasteiger partial charge in [-0.1, -0.05) is 13.3 Å². The zero-order valence-corrected chi connectivity index (χ0v) is 10.8. The zero-order chi connectivity index (χ0) is 11.9. The Morgan fingerprint density at radius 3 is 2.13 bits per heavy atom. The van der Waals surface area contributed by atoms with E-state index in [1.54, 1.807) is 20.8 Å². The number of sulfonamides is 1. The SMILES string of the molecule is CCCC1(O)CN(S(=O)(=O)C(C)(C)C)C1. The molecule has 1 heterocycles. The van der Waals surface area contributed by atoms with E-state index in [0.29, 0.717) is 6.42 Å². The van der Waals surface area contributed by atoms with Gasteiger partial charge in [-0.05, 0) is 27.2 Å². The second kappa shape index (κ2) is 3.71. The molecule has 0 bridgehead atoms. The highest BCUT2D eigenvalue weighted by molar-refractivity contribution is 7.90. The summed E-state index contributed by atoms with van der Waals surface area (Å²) >= 11 is 0. The van der Waals surface area contributed by atoms with Crippen LogP contribution in [0.3, 0.4) is 0 Å². The van der Waals surface area contributed by atoms with Crippen molar-refractivity contribution in [1.29, 1.82) is 0 Å². The molecule has 1 fully saturated rings. The van der Waals surface area contributed by atoms with Gasteiger partial charge >= 0.3 is 0 Å². The number of hydrogen-bond donors (Lipinski definition) is 1. The summed E-state index contributed by atoms with van der Waals surface area (Å²) in [6.07, 6.45) is 1.54.